The normalized spacial score (nSPS) is 18.5. The van der Waals surface area contributed by atoms with Crippen molar-refractivity contribution in [2.24, 2.45) is 5.92 Å². The smallest absolute Gasteiger partial charge is 0.251 e. The minimum absolute atomic E-state index is 0.168. The van der Waals surface area contributed by atoms with Crippen LogP contribution in [-0.2, 0) is 9.53 Å². The van der Waals surface area contributed by atoms with Gasteiger partial charge in [-0.1, -0.05) is 0 Å². The van der Waals surface area contributed by atoms with Crippen LogP contribution in [0.3, 0.4) is 0 Å². The highest BCUT2D eigenvalue weighted by Crippen LogP contribution is 2.28. The monoisotopic (exact) mass is 569 g/mol. The lowest BCUT2D eigenvalue weighted by molar-refractivity contribution is -0.146. The summed E-state index contributed by atoms with van der Waals surface area (Å²) in [4.78, 5) is 27.4. The first-order valence-electron chi connectivity index (χ1n) is 14.4. The molecule has 0 spiro atoms. The van der Waals surface area contributed by atoms with Gasteiger partial charge in [-0.25, -0.2) is 9.97 Å². The first-order chi connectivity index (χ1) is 20.5. The summed E-state index contributed by atoms with van der Waals surface area (Å²) in [6.45, 7) is 8.79. The van der Waals surface area contributed by atoms with Crippen molar-refractivity contribution < 1.29 is 19.4 Å². The molecule has 1 atom stereocenters. The van der Waals surface area contributed by atoms with Gasteiger partial charge in [0.15, 0.2) is 0 Å². The van der Waals surface area contributed by atoms with E-state index in [1.54, 1.807) is 23.2 Å². The molecule has 3 fully saturated rings. The number of aliphatic hydroxyl groups is 1. The van der Waals surface area contributed by atoms with Crippen LogP contribution in [-0.4, -0.2) is 102 Å². The Bertz CT molecular complexity index is 1440. The van der Waals surface area contributed by atoms with Crippen molar-refractivity contribution in [3.63, 3.8) is 0 Å². The molecule has 11 nitrogen and oxygen atoms in total. The summed E-state index contributed by atoms with van der Waals surface area (Å²) >= 11 is 0. The number of ether oxygens (including phenoxy) is 2. The molecule has 2 aromatic carbocycles. The number of piperazine rings is 1. The summed E-state index contributed by atoms with van der Waals surface area (Å²) in [6, 6.07) is 18.4. The highest BCUT2D eigenvalue weighted by molar-refractivity contribution is 5.81. The Balaban J connectivity index is 1.04. The maximum atomic E-state index is 11.8. The SMILES string of the molecule is C[C@@H](O)C(=O)N1CC(COc2ccc(-c3ccnc(Nc4ccc(N5CCN(C6COC6)CC5)cc4)n3)cc2C#N)C1. The summed E-state index contributed by atoms with van der Waals surface area (Å²) in [6.07, 6.45) is 0.700. The van der Waals surface area contributed by atoms with Gasteiger partial charge in [0.2, 0.25) is 5.95 Å². The summed E-state index contributed by atoms with van der Waals surface area (Å²) in [7, 11) is 0. The first-order valence-corrected chi connectivity index (χ1v) is 14.4. The second-order valence-corrected chi connectivity index (χ2v) is 11.1. The van der Waals surface area contributed by atoms with Crippen molar-refractivity contribution in [3.8, 4) is 23.1 Å². The van der Waals surface area contributed by atoms with Crippen LogP contribution in [0.25, 0.3) is 11.3 Å². The Labute approximate surface area is 245 Å². The lowest BCUT2D eigenvalue weighted by Gasteiger charge is -2.43. The van der Waals surface area contributed by atoms with Crippen LogP contribution < -0.4 is 15.0 Å². The van der Waals surface area contributed by atoms with Crippen LogP contribution >= 0.6 is 0 Å². The third-order valence-electron chi connectivity index (χ3n) is 8.09. The van der Waals surface area contributed by atoms with Gasteiger partial charge in [-0.15, -0.1) is 0 Å². The Hall–Kier alpha value is -4.24. The summed E-state index contributed by atoms with van der Waals surface area (Å²) in [5, 5.41) is 22.5. The number of benzene rings is 2. The van der Waals surface area contributed by atoms with Gasteiger partial charge >= 0.3 is 0 Å². The van der Waals surface area contributed by atoms with Gasteiger partial charge in [-0.05, 0) is 55.5 Å². The third kappa shape index (κ3) is 6.16. The largest absolute Gasteiger partial charge is 0.492 e. The number of aliphatic hydroxyl groups excluding tert-OH is 1. The lowest BCUT2D eigenvalue weighted by atomic mass is 10.0. The van der Waals surface area contributed by atoms with Crippen molar-refractivity contribution >= 4 is 23.2 Å². The molecule has 0 radical (unpaired) electrons. The summed E-state index contributed by atoms with van der Waals surface area (Å²) in [5.74, 6) is 0.860. The standard InChI is InChI=1S/C31H35N7O4/c1-21(39)30(40)38-16-22(17-38)18-42-29-7-2-23(14-24(29)15-32)28-8-9-33-31(35-28)34-25-3-5-26(6-4-25)36-10-12-37(13-11-36)27-19-41-20-27/h2-9,14,21-22,27,39H,10-13,16-20H2,1H3,(H,33,34,35)/t21-/m1/s1. The molecule has 218 valence electrons. The van der Waals surface area contributed by atoms with Crippen molar-refractivity contribution in [2.45, 2.75) is 19.1 Å². The average Bonchev–Trinajstić information content (AvgIpc) is 2.96. The fraction of sp³-hybridized carbons (Fsp3) is 0.419. The highest BCUT2D eigenvalue weighted by atomic mass is 16.5. The first kappa shape index (κ1) is 27.9. The van der Waals surface area contributed by atoms with Gasteiger partial charge < -0.3 is 29.7 Å². The predicted octanol–water partition coefficient (Wildman–Crippen LogP) is 2.50. The lowest BCUT2D eigenvalue weighted by Crippen LogP contribution is -2.56. The van der Waals surface area contributed by atoms with Crippen LogP contribution in [0.2, 0.25) is 0 Å². The number of carbonyl (C=O) groups excluding carboxylic acids is 1. The van der Waals surface area contributed by atoms with Crippen molar-refractivity contribution in [1.29, 1.82) is 5.26 Å². The minimum Gasteiger partial charge on any atom is -0.492 e. The molecule has 0 aliphatic carbocycles. The van der Waals surface area contributed by atoms with Crippen LogP contribution in [0.1, 0.15) is 12.5 Å². The molecule has 11 heteroatoms. The zero-order valence-corrected chi connectivity index (χ0v) is 23.6. The fourth-order valence-corrected chi connectivity index (χ4v) is 5.47. The van der Waals surface area contributed by atoms with E-state index in [1.807, 2.05) is 24.3 Å². The van der Waals surface area contributed by atoms with Gasteiger partial charge in [-0.3, -0.25) is 9.69 Å². The van der Waals surface area contributed by atoms with Gasteiger partial charge in [0.05, 0.1) is 37.1 Å². The maximum absolute atomic E-state index is 11.8. The Morgan fingerprint density at radius 3 is 2.57 bits per heavy atom. The van der Waals surface area contributed by atoms with E-state index >= 15 is 0 Å². The number of carbonyl (C=O) groups is 1. The third-order valence-corrected chi connectivity index (χ3v) is 8.09. The van der Waals surface area contributed by atoms with Crippen molar-refractivity contribution in [1.82, 2.24) is 19.8 Å². The second kappa shape index (κ2) is 12.3. The van der Waals surface area contributed by atoms with E-state index in [0.29, 0.717) is 48.7 Å². The van der Waals surface area contributed by atoms with Crippen LogP contribution in [0.5, 0.6) is 5.75 Å². The number of nitrogens with one attached hydrogen (secondary N) is 1. The fourth-order valence-electron chi connectivity index (χ4n) is 5.47. The Kier molecular flexibility index (Phi) is 8.19. The number of hydrogen-bond acceptors (Lipinski definition) is 10. The number of amides is 1. The molecule has 4 heterocycles. The molecule has 0 unspecified atom stereocenters. The summed E-state index contributed by atoms with van der Waals surface area (Å²) in [5.41, 5.74) is 3.98. The number of hydrogen-bond donors (Lipinski definition) is 2. The Morgan fingerprint density at radius 2 is 1.90 bits per heavy atom. The zero-order valence-electron chi connectivity index (χ0n) is 23.6. The molecule has 0 bridgehead atoms. The van der Waals surface area contributed by atoms with Crippen LogP contribution in [0.15, 0.2) is 54.7 Å². The molecule has 3 aliphatic heterocycles. The highest BCUT2D eigenvalue weighted by Gasteiger charge is 2.33. The number of likely N-dealkylation sites (tertiary alicyclic amines) is 1. The predicted molar refractivity (Wildman–Crippen MR) is 158 cm³/mol. The Morgan fingerprint density at radius 1 is 1.14 bits per heavy atom. The molecule has 3 aromatic rings. The van der Waals surface area contributed by atoms with Gasteiger partial charge in [0.1, 0.15) is 17.9 Å². The van der Waals surface area contributed by atoms with E-state index in [9.17, 15) is 15.2 Å². The summed E-state index contributed by atoms with van der Waals surface area (Å²) < 4.78 is 11.3. The average molecular weight is 570 g/mol. The van der Waals surface area contributed by atoms with Crippen LogP contribution in [0.4, 0.5) is 17.3 Å². The van der Waals surface area contributed by atoms with Crippen molar-refractivity contribution in [3.05, 3.63) is 60.3 Å². The number of rotatable bonds is 9. The van der Waals surface area contributed by atoms with E-state index < -0.39 is 6.10 Å². The zero-order chi connectivity index (χ0) is 29.1. The number of anilines is 3. The molecular weight excluding hydrogens is 534 g/mol. The van der Waals surface area contributed by atoms with E-state index in [4.69, 9.17) is 9.47 Å². The molecule has 1 amide bonds. The topological polar surface area (TPSA) is 127 Å². The number of nitriles is 1. The molecule has 3 saturated heterocycles. The van der Waals surface area contributed by atoms with E-state index in [-0.39, 0.29) is 11.8 Å². The van der Waals surface area contributed by atoms with E-state index in [2.05, 4.69) is 43.3 Å². The molecule has 1 aromatic heterocycles. The minimum atomic E-state index is -0.993. The maximum Gasteiger partial charge on any atom is 0.251 e. The van der Waals surface area contributed by atoms with Gasteiger partial charge in [-0.2, -0.15) is 5.26 Å². The van der Waals surface area contributed by atoms with Crippen molar-refractivity contribution in [2.75, 3.05) is 69.3 Å². The molecule has 6 rings (SSSR count). The molecule has 42 heavy (non-hydrogen) atoms. The van der Waals surface area contributed by atoms with Gasteiger partial charge in [0.25, 0.3) is 5.91 Å². The van der Waals surface area contributed by atoms with Gasteiger partial charge in [0, 0.05) is 68.3 Å². The molecule has 0 saturated carbocycles. The van der Waals surface area contributed by atoms with E-state index in [1.165, 1.54) is 12.6 Å². The second-order valence-electron chi connectivity index (χ2n) is 11.1. The quantitative estimate of drug-likeness (QED) is 0.397. The van der Waals surface area contributed by atoms with Crippen LogP contribution in [0, 0.1) is 17.2 Å². The number of aromatic nitrogens is 2. The van der Waals surface area contributed by atoms with E-state index in [0.717, 1.165) is 50.6 Å². The molecule has 3 aliphatic rings. The molecular formula is C31H35N7O4. The molecule has 2 N–H and O–H groups in total. The number of nitrogens with zero attached hydrogens (tertiary/aromatic N) is 6.